The minimum Gasteiger partial charge on any atom is -0.496 e. The topological polar surface area (TPSA) is 86.3 Å². The van der Waals surface area contributed by atoms with Gasteiger partial charge in [-0.15, -0.1) is 0 Å². The third-order valence-corrected chi connectivity index (χ3v) is 2.61. The van der Waals surface area contributed by atoms with Gasteiger partial charge in [0.05, 0.1) is 26.4 Å². The minimum absolute atomic E-state index is 0.0257. The zero-order valence-corrected chi connectivity index (χ0v) is 11.4. The summed E-state index contributed by atoms with van der Waals surface area (Å²) in [7, 11) is 3.21. The Morgan fingerprint density at radius 3 is 2.74 bits per heavy atom. The van der Waals surface area contributed by atoms with E-state index in [1.165, 1.54) is 0 Å². The predicted molar refractivity (Wildman–Crippen MR) is 71.6 cm³/mol. The molecule has 0 aliphatic rings. The summed E-state index contributed by atoms with van der Waals surface area (Å²) >= 11 is 0. The van der Waals surface area contributed by atoms with Crippen molar-refractivity contribution in [2.75, 3.05) is 20.8 Å². The highest BCUT2D eigenvalue weighted by Gasteiger charge is 2.09. The Balaban J connectivity index is 2.84. The number of methoxy groups -OCH3 is 2. The van der Waals surface area contributed by atoms with Crippen LogP contribution in [0, 0.1) is 0 Å². The molecular weight excluding hydrogens is 248 g/mol. The van der Waals surface area contributed by atoms with E-state index < -0.39 is 0 Å². The van der Waals surface area contributed by atoms with Crippen molar-refractivity contribution in [1.82, 2.24) is 0 Å². The fourth-order valence-corrected chi connectivity index (χ4v) is 1.62. The first kappa shape index (κ1) is 15.3. The third-order valence-electron chi connectivity index (χ3n) is 2.61. The second kappa shape index (κ2) is 7.60. The fraction of sp³-hybridized carbons (Fsp3) is 0.462. The number of oxime groups is 1. The first-order valence-electron chi connectivity index (χ1n) is 5.87. The zero-order valence-electron chi connectivity index (χ0n) is 11.4. The van der Waals surface area contributed by atoms with Gasteiger partial charge in [-0.25, -0.2) is 0 Å². The van der Waals surface area contributed by atoms with Crippen molar-refractivity contribution in [3.8, 4) is 5.75 Å². The molecule has 0 aliphatic heterocycles. The Bertz CT molecular complexity index is 435. The van der Waals surface area contributed by atoms with Crippen LogP contribution < -0.4 is 10.5 Å². The number of benzene rings is 1. The van der Waals surface area contributed by atoms with E-state index in [2.05, 4.69) is 5.16 Å². The van der Waals surface area contributed by atoms with Gasteiger partial charge in [0.1, 0.15) is 5.75 Å². The SMILES string of the molecule is COCC(C)OCc1cc(/C(N)=N/O)ccc1OC. The Morgan fingerprint density at radius 1 is 1.42 bits per heavy atom. The van der Waals surface area contributed by atoms with Gasteiger partial charge in [0.15, 0.2) is 5.84 Å². The lowest BCUT2D eigenvalue weighted by Crippen LogP contribution is -2.16. The number of nitrogens with zero attached hydrogens (tertiary/aromatic N) is 1. The molecule has 0 saturated carbocycles. The van der Waals surface area contributed by atoms with E-state index in [9.17, 15) is 0 Å². The van der Waals surface area contributed by atoms with Gasteiger partial charge in [0.25, 0.3) is 0 Å². The minimum atomic E-state index is -0.0257. The van der Waals surface area contributed by atoms with Crippen molar-refractivity contribution in [1.29, 1.82) is 0 Å². The van der Waals surface area contributed by atoms with Crippen molar-refractivity contribution < 1.29 is 19.4 Å². The number of hydrogen-bond donors (Lipinski definition) is 2. The van der Waals surface area contributed by atoms with Gasteiger partial charge >= 0.3 is 0 Å². The molecule has 0 bridgehead atoms. The maximum atomic E-state index is 8.68. The highest BCUT2D eigenvalue weighted by molar-refractivity contribution is 5.97. The zero-order chi connectivity index (χ0) is 14.3. The van der Waals surface area contributed by atoms with Crippen molar-refractivity contribution in [3.63, 3.8) is 0 Å². The van der Waals surface area contributed by atoms with Crippen LogP contribution >= 0.6 is 0 Å². The summed E-state index contributed by atoms with van der Waals surface area (Å²) in [6.45, 7) is 2.80. The average molecular weight is 268 g/mol. The summed E-state index contributed by atoms with van der Waals surface area (Å²) in [6, 6.07) is 5.25. The molecule has 19 heavy (non-hydrogen) atoms. The number of ether oxygens (including phenoxy) is 3. The van der Waals surface area contributed by atoms with Crippen molar-refractivity contribution in [2.24, 2.45) is 10.9 Å². The normalized spacial score (nSPS) is 13.3. The largest absolute Gasteiger partial charge is 0.496 e. The van der Waals surface area contributed by atoms with E-state index in [0.29, 0.717) is 24.5 Å². The van der Waals surface area contributed by atoms with Crippen LogP contribution in [-0.4, -0.2) is 38.0 Å². The fourth-order valence-electron chi connectivity index (χ4n) is 1.62. The molecule has 0 amide bonds. The molecule has 6 heteroatoms. The Kier molecular flexibility index (Phi) is 6.11. The molecule has 0 radical (unpaired) electrons. The standard InChI is InChI=1S/C13H20N2O4/c1-9(7-17-2)19-8-11-6-10(13(14)15-16)4-5-12(11)18-3/h4-6,9,16H,7-8H2,1-3H3,(H2,14,15). The first-order valence-corrected chi connectivity index (χ1v) is 5.87. The lowest BCUT2D eigenvalue weighted by atomic mass is 10.1. The summed E-state index contributed by atoms with van der Waals surface area (Å²) in [5.74, 6) is 0.743. The quantitative estimate of drug-likeness (QED) is 0.337. The second-order valence-electron chi connectivity index (χ2n) is 4.09. The summed E-state index contributed by atoms with van der Waals surface area (Å²) in [4.78, 5) is 0. The van der Waals surface area contributed by atoms with Crippen LogP contribution in [0.3, 0.4) is 0 Å². The molecule has 0 spiro atoms. The monoisotopic (exact) mass is 268 g/mol. The van der Waals surface area contributed by atoms with Crippen LogP contribution in [0.5, 0.6) is 5.75 Å². The van der Waals surface area contributed by atoms with Crippen LogP contribution in [0.2, 0.25) is 0 Å². The van der Waals surface area contributed by atoms with Gasteiger partial charge < -0.3 is 25.2 Å². The lowest BCUT2D eigenvalue weighted by Gasteiger charge is -2.14. The predicted octanol–water partition coefficient (Wildman–Crippen LogP) is 1.34. The lowest BCUT2D eigenvalue weighted by molar-refractivity contribution is -0.000738. The first-order chi connectivity index (χ1) is 9.12. The van der Waals surface area contributed by atoms with Crippen molar-refractivity contribution in [2.45, 2.75) is 19.6 Å². The van der Waals surface area contributed by atoms with Crippen molar-refractivity contribution >= 4 is 5.84 Å². The second-order valence-corrected chi connectivity index (χ2v) is 4.09. The van der Waals surface area contributed by atoms with Crippen LogP contribution in [0.4, 0.5) is 0 Å². The van der Waals surface area contributed by atoms with Crippen LogP contribution in [-0.2, 0) is 16.1 Å². The molecule has 6 nitrogen and oxygen atoms in total. The van der Waals surface area contributed by atoms with Gasteiger partial charge in [-0.2, -0.15) is 0 Å². The van der Waals surface area contributed by atoms with E-state index >= 15 is 0 Å². The average Bonchev–Trinajstić information content (AvgIpc) is 2.44. The van der Waals surface area contributed by atoms with Gasteiger partial charge in [-0.1, -0.05) is 5.16 Å². The summed E-state index contributed by atoms with van der Waals surface area (Å²) in [5.41, 5.74) is 7.00. The van der Waals surface area contributed by atoms with E-state index in [0.717, 1.165) is 5.56 Å². The summed E-state index contributed by atoms with van der Waals surface area (Å²) in [5, 5.41) is 11.7. The molecule has 0 heterocycles. The van der Waals surface area contributed by atoms with E-state index in [1.807, 2.05) is 6.92 Å². The summed E-state index contributed by atoms with van der Waals surface area (Å²) < 4.78 is 15.9. The van der Waals surface area contributed by atoms with Crippen LogP contribution in [0.1, 0.15) is 18.1 Å². The Labute approximate surface area is 112 Å². The molecule has 106 valence electrons. The molecule has 1 rings (SSSR count). The van der Waals surface area contributed by atoms with E-state index in [1.54, 1.807) is 32.4 Å². The molecule has 0 aliphatic carbocycles. The van der Waals surface area contributed by atoms with Crippen molar-refractivity contribution in [3.05, 3.63) is 29.3 Å². The van der Waals surface area contributed by atoms with Gasteiger partial charge in [-0.3, -0.25) is 0 Å². The highest BCUT2D eigenvalue weighted by Crippen LogP contribution is 2.21. The number of rotatable bonds is 7. The molecule has 3 N–H and O–H groups in total. The van der Waals surface area contributed by atoms with Crippen LogP contribution in [0.25, 0.3) is 0 Å². The molecule has 1 aromatic carbocycles. The molecular formula is C13H20N2O4. The molecule has 0 aromatic heterocycles. The number of amidine groups is 1. The molecule has 1 aromatic rings. The van der Waals surface area contributed by atoms with E-state index in [-0.39, 0.29) is 11.9 Å². The maximum absolute atomic E-state index is 8.68. The molecule has 1 unspecified atom stereocenters. The number of nitrogens with two attached hydrogens (primary N) is 1. The third kappa shape index (κ3) is 4.42. The highest BCUT2D eigenvalue weighted by atomic mass is 16.5. The van der Waals surface area contributed by atoms with Crippen LogP contribution in [0.15, 0.2) is 23.4 Å². The van der Waals surface area contributed by atoms with Gasteiger partial charge in [0.2, 0.25) is 0 Å². The Hall–Kier alpha value is -1.79. The maximum Gasteiger partial charge on any atom is 0.170 e. The molecule has 0 fully saturated rings. The molecule has 1 atom stereocenters. The van der Waals surface area contributed by atoms with Gasteiger partial charge in [0, 0.05) is 18.2 Å². The number of hydrogen-bond acceptors (Lipinski definition) is 5. The molecule has 0 saturated heterocycles. The smallest absolute Gasteiger partial charge is 0.170 e. The van der Waals surface area contributed by atoms with E-state index in [4.69, 9.17) is 25.2 Å². The summed E-state index contributed by atoms with van der Waals surface area (Å²) in [6.07, 6.45) is -0.0257. The van der Waals surface area contributed by atoms with Gasteiger partial charge in [-0.05, 0) is 25.1 Å². The Morgan fingerprint density at radius 2 is 2.16 bits per heavy atom.